The lowest BCUT2D eigenvalue weighted by Crippen LogP contribution is -2.46. The third kappa shape index (κ3) is 2.00. The minimum absolute atomic E-state index is 0.252. The zero-order valence-electron chi connectivity index (χ0n) is 13.8. The number of rotatable bonds is 5. The summed E-state index contributed by atoms with van der Waals surface area (Å²) in [6.07, 6.45) is 5.19. The predicted octanol–water partition coefficient (Wildman–Crippen LogP) is 0.676. The van der Waals surface area contributed by atoms with Crippen molar-refractivity contribution >= 4 is 17.6 Å². The summed E-state index contributed by atoms with van der Waals surface area (Å²) in [7, 11) is 1.57. The van der Waals surface area contributed by atoms with E-state index in [1.165, 1.54) is 0 Å². The lowest BCUT2D eigenvalue weighted by molar-refractivity contribution is -0.313. The molecule has 2 fully saturated rings. The molecule has 130 valence electrons. The van der Waals surface area contributed by atoms with Gasteiger partial charge in [0.15, 0.2) is 0 Å². The van der Waals surface area contributed by atoms with Gasteiger partial charge in [0.1, 0.15) is 11.4 Å². The van der Waals surface area contributed by atoms with Gasteiger partial charge in [-0.25, -0.2) is 0 Å². The number of carboxylic acids is 1. The van der Waals surface area contributed by atoms with Crippen molar-refractivity contribution in [1.29, 1.82) is 0 Å². The number of amides is 1. The first-order chi connectivity index (χ1) is 12.0. The van der Waals surface area contributed by atoms with Gasteiger partial charge in [0.05, 0.1) is 25.2 Å². The predicted molar refractivity (Wildman–Crippen MR) is 87.8 cm³/mol. The number of nitrogens with zero attached hydrogens (tertiary/aromatic N) is 1. The molecule has 1 aromatic carbocycles. The third-order valence-corrected chi connectivity index (χ3v) is 5.43. The fourth-order valence-electron chi connectivity index (χ4n) is 4.42. The summed E-state index contributed by atoms with van der Waals surface area (Å²) in [6, 6.07) is 6.76. The Morgan fingerprint density at radius 3 is 2.76 bits per heavy atom. The number of ether oxygens (including phenoxy) is 2. The van der Waals surface area contributed by atoms with Crippen LogP contribution in [0.25, 0.3) is 0 Å². The Morgan fingerprint density at radius 1 is 1.44 bits per heavy atom. The highest BCUT2D eigenvalue weighted by Crippen LogP contribution is 2.56. The molecular formula is C19H18NO5-. The lowest BCUT2D eigenvalue weighted by atomic mass is 9.74. The normalized spacial score (nSPS) is 35.1. The number of methoxy groups -OCH3 is 1. The van der Waals surface area contributed by atoms with Gasteiger partial charge in [0.2, 0.25) is 5.91 Å². The zero-order chi connectivity index (χ0) is 17.8. The maximum absolute atomic E-state index is 13.2. The SMILES string of the molecule is C=CC[C@@H]1N(c2ccc(OC)cc2)C(=O)[C@@H]2[C@@H](C(=O)[O-])[C@@H]3C=C[C@]21O3. The number of carbonyl (C=O) groups is 2. The van der Waals surface area contributed by atoms with Gasteiger partial charge in [-0.15, -0.1) is 6.58 Å². The Bertz CT molecular complexity index is 771. The molecule has 6 heteroatoms. The Morgan fingerprint density at radius 2 is 2.16 bits per heavy atom. The molecule has 0 aromatic heterocycles. The van der Waals surface area contributed by atoms with Crippen molar-refractivity contribution in [3.63, 3.8) is 0 Å². The highest BCUT2D eigenvalue weighted by molar-refractivity contribution is 6.03. The molecule has 3 aliphatic rings. The van der Waals surface area contributed by atoms with Crippen LogP contribution in [0.5, 0.6) is 5.75 Å². The largest absolute Gasteiger partial charge is 0.550 e. The van der Waals surface area contributed by atoms with Gasteiger partial charge in [-0.05, 0) is 30.7 Å². The van der Waals surface area contributed by atoms with Gasteiger partial charge in [-0.1, -0.05) is 18.2 Å². The molecule has 6 nitrogen and oxygen atoms in total. The van der Waals surface area contributed by atoms with E-state index in [9.17, 15) is 14.7 Å². The van der Waals surface area contributed by atoms with Gasteiger partial charge < -0.3 is 24.3 Å². The van der Waals surface area contributed by atoms with Crippen molar-refractivity contribution in [3.8, 4) is 5.75 Å². The molecule has 1 spiro atoms. The Kier molecular flexibility index (Phi) is 3.47. The number of hydrogen-bond acceptors (Lipinski definition) is 5. The van der Waals surface area contributed by atoms with E-state index >= 15 is 0 Å². The average molecular weight is 340 g/mol. The highest BCUT2D eigenvalue weighted by atomic mass is 16.5. The molecule has 1 amide bonds. The van der Waals surface area contributed by atoms with E-state index in [0.29, 0.717) is 17.9 Å². The number of hydrogen-bond donors (Lipinski definition) is 0. The molecule has 0 unspecified atom stereocenters. The van der Waals surface area contributed by atoms with E-state index in [4.69, 9.17) is 9.47 Å². The molecule has 3 heterocycles. The van der Waals surface area contributed by atoms with Gasteiger partial charge in [-0.2, -0.15) is 0 Å². The number of benzene rings is 1. The molecule has 25 heavy (non-hydrogen) atoms. The van der Waals surface area contributed by atoms with Crippen LogP contribution in [0.15, 0.2) is 49.1 Å². The van der Waals surface area contributed by atoms with Crippen molar-refractivity contribution in [3.05, 3.63) is 49.1 Å². The average Bonchev–Trinajstić information content (AvgIpc) is 3.24. The van der Waals surface area contributed by atoms with Crippen LogP contribution in [0.4, 0.5) is 5.69 Å². The fourth-order valence-corrected chi connectivity index (χ4v) is 4.42. The van der Waals surface area contributed by atoms with Crippen LogP contribution in [-0.2, 0) is 14.3 Å². The minimum Gasteiger partial charge on any atom is -0.550 e. The van der Waals surface area contributed by atoms with Crippen LogP contribution in [0.3, 0.4) is 0 Å². The summed E-state index contributed by atoms with van der Waals surface area (Å²) in [5.41, 5.74) is -0.264. The summed E-state index contributed by atoms with van der Waals surface area (Å²) in [4.78, 5) is 26.4. The van der Waals surface area contributed by atoms with Crippen LogP contribution in [0.2, 0.25) is 0 Å². The van der Waals surface area contributed by atoms with Crippen LogP contribution in [-0.4, -0.2) is 36.7 Å². The summed E-state index contributed by atoms with van der Waals surface area (Å²) in [5, 5.41) is 11.6. The summed E-state index contributed by atoms with van der Waals surface area (Å²) >= 11 is 0. The number of carboxylic acid groups (broad SMARTS) is 1. The summed E-state index contributed by atoms with van der Waals surface area (Å²) in [6.45, 7) is 3.79. The van der Waals surface area contributed by atoms with Gasteiger partial charge in [-0.3, -0.25) is 4.79 Å². The first kappa shape index (κ1) is 15.9. The standard InChI is InChI=1S/C19H19NO5/c1-3-4-14-19-10-9-13(25-19)15(18(22)23)16(19)17(21)20(14)11-5-7-12(24-2)8-6-11/h3,5-10,13-16H,1,4H2,2H3,(H,22,23)/p-1/t13-,14-,15-,16-,19+/m0/s1. The molecule has 0 N–H and O–H groups in total. The van der Waals surface area contributed by atoms with E-state index < -0.39 is 29.5 Å². The smallest absolute Gasteiger partial charge is 0.234 e. The van der Waals surface area contributed by atoms with E-state index in [-0.39, 0.29) is 11.9 Å². The number of aliphatic carboxylic acids is 1. The van der Waals surface area contributed by atoms with Crippen molar-refractivity contribution in [2.24, 2.45) is 11.8 Å². The molecule has 0 saturated carbocycles. The first-order valence-corrected chi connectivity index (χ1v) is 8.19. The third-order valence-electron chi connectivity index (χ3n) is 5.43. The monoisotopic (exact) mass is 340 g/mol. The second kappa shape index (κ2) is 5.46. The molecule has 2 bridgehead atoms. The highest BCUT2D eigenvalue weighted by Gasteiger charge is 2.69. The van der Waals surface area contributed by atoms with Gasteiger partial charge in [0, 0.05) is 17.6 Å². The van der Waals surface area contributed by atoms with Crippen LogP contribution in [0.1, 0.15) is 6.42 Å². The van der Waals surface area contributed by atoms with Crippen LogP contribution >= 0.6 is 0 Å². The van der Waals surface area contributed by atoms with Crippen molar-refractivity contribution in [1.82, 2.24) is 0 Å². The molecule has 0 aliphatic carbocycles. The molecule has 0 radical (unpaired) electrons. The molecular weight excluding hydrogens is 322 g/mol. The maximum Gasteiger partial charge on any atom is 0.234 e. The van der Waals surface area contributed by atoms with E-state index in [0.717, 1.165) is 0 Å². The number of anilines is 1. The Hall–Kier alpha value is -2.60. The first-order valence-electron chi connectivity index (χ1n) is 8.19. The van der Waals surface area contributed by atoms with Crippen molar-refractivity contribution in [2.75, 3.05) is 12.0 Å². The molecule has 3 aliphatic heterocycles. The van der Waals surface area contributed by atoms with Crippen molar-refractivity contribution in [2.45, 2.75) is 24.2 Å². The fraction of sp³-hybridized carbons (Fsp3) is 0.368. The van der Waals surface area contributed by atoms with Crippen LogP contribution in [0, 0.1) is 11.8 Å². The Labute approximate surface area is 145 Å². The number of fused-ring (bicyclic) bond motifs is 1. The summed E-state index contributed by atoms with van der Waals surface area (Å²) in [5.74, 6) is -2.56. The molecule has 1 aromatic rings. The quantitative estimate of drug-likeness (QED) is 0.737. The second-order valence-electron chi connectivity index (χ2n) is 6.56. The molecule has 2 saturated heterocycles. The zero-order valence-corrected chi connectivity index (χ0v) is 13.8. The summed E-state index contributed by atoms with van der Waals surface area (Å²) < 4.78 is 11.2. The topological polar surface area (TPSA) is 78.9 Å². The second-order valence-corrected chi connectivity index (χ2v) is 6.56. The molecule has 5 atom stereocenters. The molecule has 4 rings (SSSR count). The van der Waals surface area contributed by atoms with Crippen molar-refractivity contribution < 1.29 is 24.2 Å². The van der Waals surface area contributed by atoms with Gasteiger partial charge in [0.25, 0.3) is 0 Å². The number of carbonyl (C=O) groups excluding carboxylic acids is 2. The lowest BCUT2D eigenvalue weighted by Gasteiger charge is -2.32. The van der Waals surface area contributed by atoms with E-state index in [1.807, 2.05) is 6.08 Å². The minimum atomic E-state index is -1.25. The van der Waals surface area contributed by atoms with Crippen LogP contribution < -0.4 is 14.7 Å². The van der Waals surface area contributed by atoms with Gasteiger partial charge >= 0.3 is 0 Å². The van der Waals surface area contributed by atoms with E-state index in [1.54, 1.807) is 48.4 Å². The van der Waals surface area contributed by atoms with E-state index in [2.05, 4.69) is 6.58 Å². The maximum atomic E-state index is 13.2. The Balaban J connectivity index is 1.80.